The van der Waals surface area contributed by atoms with Gasteiger partial charge in [-0.15, -0.1) is 0 Å². The van der Waals surface area contributed by atoms with Crippen molar-refractivity contribution < 1.29 is 0 Å². The first-order valence-corrected chi connectivity index (χ1v) is 24.9. The molecule has 340 valence electrons. The van der Waals surface area contributed by atoms with Gasteiger partial charge >= 0.3 is 0 Å². The fourth-order valence-electron chi connectivity index (χ4n) is 12.1. The van der Waals surface area contributed by atoms with Gasteiger partial charge in [0.2, 0.25) is 0 Å². The average Bonchev–Trinajstić information content (AvgIpc) is 3.73. The Labute approximate surface area is 411 Å². The zero-order valence-electron chi connectivity index (χ0n) is 42.0. The molecule has 0 radical (unpaired) electrons. The van der Waals surface area contributed by atoms with Crippen LogP contribution in [0.1, 0.15) is 103 Å². The molecule has 1 heteroatoms. The zero-order valence-corrected chi connectivity index (χ0v) is 42.0. The maximum absolute atomic E-state index is 2.60. The summed E-state index contributed by atoms with van der Waals surface area (Å²) >= 11 is 0. The molecule has 0 amide bonds. The van der Waals surface area contributed by atoms with Gasteiger partial charge < -0.3 is 4.90 Å². The lowest BCUT2D eigenvalue weighted by molar-refractivity contribution is 0.536. The van der Waals surface area contributed by atoms with Gasteiger partial charge in [-0.25, -0.2) is 0 Å². The van der Waals surface area contributed by atoms with E-state index >= 15 is 0 Å². The first-order valence-electron chi connectivity index (χ1n) is 24.9. The Hall–Kier alpha value is -7.22. The minimum Gasteiger partial charge on any atom is -0.310 e. The van der Waals surface area contributed by atoms with Crippen LogP contribution < -0.4 is 4.90 Å². The van der Waals surface area contributed by atoms with E-state index in [2.05, 4.69) is 274 Å². The van der Waals surface area contributed by atoms with Crippen molar-refractivity contribution in [1.29, 1.82) is 0 Å². The van der Waals surface area contributed by atoms with Crippen LogP contribution in [0.5, 0.6) is 0 Å². The van der Waals surface area contributed by atoms with Crippen molar-refractivity contribution in [2.24, 2.45) is 0 Å². The van der Waals surface area contributed by atoms with Gasteiger partial charge in [0, 0.05) is 22.1 Å². The molecule has 9 aromatic carbocycles. The number of nitrogens with zero attached hydrogens (tertiary/aromatic N) is 1. The first-order chi connectivity index (χ1) is 33.0. The SMILES string of the molecule is CC(C)(C)c1cccc2c1C(C)(C)c1c-2ccc(N(c2ccc(-c3ccccc3)cc2)c2cccc(-c3ccc4c(c3)C(C)(C)c3ccccc3-4)c2-c2ccccc2-c2ccccc2)c1C(C)(C)C. The lowest BCUT2D eigenvalue weighted by atomic mass is 9.70. The van der Waals surface area contributed by atoms with Crippen LogP contribution >= 0.6 is 0 Å². The predicted octanol–water partition coefficient (Wildman–Crippen LogP) is 19.0. The largest absolute Gasteiger partial charge is 0.310 e. The van der Waals surface area contributed by atoms with E-state index in [4.69, 9.17) is 0 Å². The summed E-state index contributed by atoms with van der Waals surface area (Å²) in [5, 5.41) is 0. The Balaban J connectivity index is 1.23. The van der Waals surface area contributed by atoms with Crippen LogP contribution in [-0.4, -0.2) is 0 Å². The van der Waals surface area contributed by atoms with Crippen LogP contribution in [0.3, 0.4) is 0 Å². The second-order valence-corrected chi connectivity index (χ2v) is 22.5. The second kappa shape index (κ2) is 16.2. The van der Waals surface area contributed by atoms with Crippen molar-refractivity contribution in [3.63, 3.8) is 0 Å². The Morgan fingerprint density at radius 2 is 0.855 bits per heavy atom. The van der Waals surface area contributed by atoms with E-state index in [-0.39, 0.29) is 21.7 Å². The van der Waals surface area contributed by atoms with Gasteiger partial charge in [-0.1, -0.05) is 239 Å². The van der Waals surface area contributed by atoms with Gasteiger partial charge in [-0.2, -0.15) is 0 Å². The third-order valence-electron chi connectivity index (χ3n) is 15.3. The maximum Gasteiger partial charge on any atom is 0.0546 e. The molecule has 0 N–H and O–H groups in total. The van der Waals surface area contributed by atoms with Crippen molar-refractivity contribution in [3.8, 4) is 66.8 Å². The number of hydrogen-bond donors (Lipinski definition) is 0. The fraction of sp³-hybridized carbons (Fsp3) is 0.206. The van der Waals surface area contributed by atoms with E-state index in [1.54, 1.807) is 0 Å². The Morgan fingerprint density at radius 1 is 0.333 bits per heavy atom. The summed E-state index contributed by atoms with van der Waals surface area (Å²) in [7, 11) is 0. The first kappa shape index (κ1) is 44.3. The molecular weight excluding hydrogens is 831 g/mol. The highest BCUT2D eigenvalue weighted by molar-refractivity contribution is 6.03. The number of fused-ring (bicyclic) bond motifs is 6. The van der Waals surface area contributed by atoms with Crippen molar-refractivity contribution >= 4 is 17.1 Å². The molecule has 0 aromatic heterocycles. The van der Waals surface area contributed by atoms with Gasteiger partial charge in [0.1, 0.15) is 0 Å². The highest BCUT2D eigenvalue weighted by Crippen LogP contribution is 2.59. The Morgan fingerprint density at radius 3 is 1.54 bits per heavy atom. The monoisotopic (exact) mass is 893 g/mol. The number of benzene rings is 9. The quantitative estimate of drug-likeness (QED) is 0.154. The lowest BCUT2D eigenvalue weighted by Crippen LogP contribution is -2.28. The smallest absolute Gasteiger partial charge is 0.0546 e. The molecule has 0 saturated heterocycles. The minimum atomic E-state index is -0.255. The third-order valence-corrected chi connectivity index (χ3v) is 15.3. The van der Waals surface area contributed by atoms with Crippen LogP contribution in [0.25, 0.3) is 66.8 Å². The van der Waals surface area contributed by atoms with Gasteiger partial charge in [-0.3, -0.25) is 0 Å². The summed E-state index contributed by atoms with van der Waals surface area (Å²) in [5.41, 5.74) is 26.2. The predicted molar refractivity (Wildman–Crippen MR) is 295 cm³/mol. The zero-order chi connectivity index (χ0) is 48.0. The van der Waals surface area contributed by atoms with Gasteiger partial charge in [0.05, 0.1) is 11.4 Å². The molecule has 0 atom stereocenters. The van der Waals surface area contributed by atoms with E-state index in [1.165, 1.54) is 106 Å². The van der Waals surface area contributed by atoms with Crippen LogP contribution in [0, 0.1) is 0 Å². The molecule has 2 aliphatic rings. The van der Waals surface area contributed by atoms with Crippen molar-refractivity contribution in [1.82, 2.24) is 0 Å². The lowest BCUT2D eigenvalue weighted by Gasteiger charge is -2.38. The Kier molecular flexibility index (Phi) is 10.4. The molecule has 0 aliphatic heterocycles. The van der Waals surface area contributed by atoms with E-state index < -0.39 is 0 Å². The summed E-state index contributed by atoms with van der Waals surface area (Å²) in [5.74, 6) is 0. The molecule has 11 rings (SSSR count). The fourth-order valence-corrected chi connectivity index (χ4v) is 12.1. The Bertz CT molecular complexity index is 3430. The number of rotatable bonds is 7. The van der Waals surface area contributed by atoms with Crippen LogP contribution in [0.2, 0.25) is 0 Å². The molecular formula is C68H63N. The van der Waals surface area contributed by atoms with Gasteiger partial charge in [-0.05, 0) is 136 Å². The molecule has 0 spiro atoms. The number of anilines is 3. The number of hydrogen-bond acceptors (Lipinski definition) is 1. The van der Waals surface area contributed by atoms with Gasteiger partial charge in [0.25, 0.3) is 0 Å². The molecule has 0 heterocycles. The van der Waals surface area contributed by atoms with Crippen molar-refractivity contribution in [2.45, 2.75) is 90.9 Å². The molecule has 0 saturated carbocycles. The normalized spacial score (nSPS) is 14.2. The van der Waals surface area contributed by atoms with Crippen molar-refractivity contribution in [3.05, 3.63) is 234 Å². The topological polar surface area (TPSA) is 3.24 Å². The summed E-state index contributed by atoms with van der Waals surface area (Å²) < 4.78 is 0. The average molecular weight is 894 g/mol. The molecule has 9 aromatic rings. The molecule has 69 heavy (non-hydrogen) atoms. The van der Waals surface area contributed by atoms with Crippen LogP contribution in [0.4, 0.5) is 17.1 Å². The van der Waals surface area contributed by atoms with Crippen molar-refractivity contribution in [2.75, 3.05) is 4.90 Å². The van der Waals surface area contributed by atoms with Gasteiger partial charge in [0.15, 0.2) is 0 Å². The summed E-state index contributed by atoms with van der Waals surface area (Å²) in [6.45, 7) is 24.1. The maximum atomic E-state index is 2.60. The highest BCUT2D eigenvalue weighted by atomic mass is 15.1. The van der Waals surface area contributed by atoms with Crippen LogP contribution in [-0.2, 0) is 21.7 Å². The third kappa shape index (κ3) is 7.20. The molecule has 2 aliphatic carbocycles. The molecule has 0 bridgehead atoms. The van der Waals surface area contributed by atoms with Crippen LogP contribution in [0.15, 0.2) is 200 Å². The summed E-state index contributed by atoms with van der Waals surface area (Å²) in [4.78, 5) is 2.60. The van der Waals surface area contributed by atoms with E-state index in [0.717, 1.165) is 11.4 Å². The van der Waals surface area contributed by atoms with E-state index in [9.17, 15) is 0 Å². The summed E-state index contributed by atoms with van der Waals surface area (Å²) in [6, 6.07) is 75.1. The minimum absolute atomic E-state index is 0.0149. The van der Waals surface area contributed by atoms with E-state index in [0.29, 0.717) is 0 Å². The molecule has 0 fully saturated rings. The second-order valence-electron chi connectivity index (χ2n) is 22.5. The highest BCUT2D eigenvalue weighted by Gasteiger charge is 2.44. The van der Waals surface area contributed by atoms with E-state index in [1.807, 2.05) is 0 Å². The molecule has 1 nitrogen and oxygen atoms in total. The summed E-state index contributed by atoms with van der Waals surface area (Å²) in [6.07, 6.45) is 0. The molecule has 0 unspecified atom stereocenters. The standard InChI is InChI=1S/C68H63N/c1-65(2,3)57-33-21-31-54-55-41-42-60(64(66(4,5)6)63(55)68(9,10)62(54)57)69(48-38-35-45(36-39-48)44-23-13-11-14-24-44)59-34-22-30-50(61(59)53-29-18-17-27-49(53)46-25-15-12-16-26-46)47-37-40-52-51-28-19-20-32-56(51)67(7,8)58(52)43-47/h11-43H,1-10H3.